The predicted molar refractivity (Wildman–Crippen MR) is 231 cm³/mol. The number of carboxylic acid groups (broad SMARTS) is 2. The van der Waals surface area contributed by atoms with Crippen molar-refractivity contribution >= 4 is 51.3 Å². The third kappa shape index (κ3) is 14.3. The standard InChI is InChI=1S/C24H24ClFN2O4.C22H24BrFN2O4/c25-19-4-7-21(18(13-19)3-8-23(30)31)32-15-22(29)28-11-9-24(16-27,10-12-28)14-17-1-5-20(26)6-2-17;23-17-3-6-19(16(11-17)12-21(28)29)30-14-20(27)26-9-7-22(25,8-10-26)13-15-1-4-18(24)5-2-15/h1-2,4-7,13H,3,8-12,14-15H2,(H,30,31);1-6,11H,7-10,12-14,25H2,(H,28,29). The third-order valence-electron chi connectivity index (χ3n) is 11.0. The average molecular weight is 938 g/mol. The number of carboxylic acids is 2. The fraction of sp³-hybridized carbons (Fsp3) is 0.370. The summed E-state index contributed by atoms with van der Waals surface area (Å²) in [5, 5.41) is 28.2. The number of hydrogen-bond acceptors (Lipinski definition) is 8. The molecule has 2 saturated heterocycles. The van der Waals surface area contributed by atoms with Crippen molar-refractivity contribution in [2.45, 2.75) is 63.3 Å². The highest BCUT2D eigenvalue weighted by molar-refractivity contribution is 9.10. The molecule has 0 saturated carbocycles. The molecule has 0 bridgehead atoms. The first-order chi connectivity index (χ1) is 29.5. The minimum Gasteiger partial charge on any atom is -0.483 e. The highest BCUT2D eigenvalue weighted by Crippen LogP contribution is 2.35. The Morgan fingerprint density at radius 3 is 1.74 bits per heavy atom. The molecule has 0 unspecified atom stereocenters. The summed E-state index contributed by atoms with van der Waals surface area (Å²) in [7, 11) is 0. The van der Waals surface area contributed by atoms with E-state index in [4.69, 9.17) is 37.0 Å². The van der Waals surface area contributed by atoms with E-state index in [1.807, 2.05) is 0 Å². The van der Waals surface area contributed by atoms with Crippen LogP contribution in [0.4, 0.5) is 8.78 Å². The summed E-state index contributed by atoms with van der Waals surface area (Å²) in [4.78, 5) is 50.6. The molecular weight excluding hydrogens is 890 g/mol. The summed E-state index contributed by atoms with van der Waals surface area (Å²) in [6.45, 7) is 1.56. The predicted octanol–water partition coefficient (Wildman–Crippen LogP) is 7.41. The zero-order chi connectivity index (χ0) is 44.9. The van der Waals surface area contributed by atoms with Gasteiger partial charge in [0.25, 0.3) is 11.8 Å². The molecule has 328 valence electrons. The molecule has 16 heteroatoms. The van der Waals surface area contributed by atoms with Crippen LogP contribution in [0.25, 0.3) is 0 Å². The lowest BCUT2D eigenvalue weighted by atomic mass is 9.75. The van der Waals surface area contributed by atoms with Crippen LogP contribution in [0.15, 0.2) is 89.4 Å². The van der Waals surface area contributed by atoms with Crippen molar-refractivity contribution in [1.29, 1.82) is 5.26 Å². The molecule has 0 aliphatic carbocycles. The average Bonchev–Trinajstić information content (AvgIpc) is 3.24. The fourth-order valence-corrected chi connectivity index (χ4v) is 8.07. The van der Waals surface area contributed by atoms with E-state index >= 15 is 0 Å². The van der Waals surface area contributed by atoms with E-state index in [1.54, 1.807) is 70.5 Å². The Morgan fingerprint density at radius 1 is 0.726 bits per heavy atom. The first kappa shape index (κ1) is 47.5. The van der Waals surface area contributed by atoms with Crippen molar-refractivity contribution in [2.75, 3.05) is 39.4 Å². The fourth-order valence-electron chi connectivity index (χ4n) is 7.47. The van der Waals surface area contributed by atoms with Crippen LogP contribution in [0.2, 0.25) is 5.02 Å². The van der Waals surface area contributed by atoms with Crippen LogP contribution in [0.1, 0.15) is 54.4 Å². The van der Waals surface area contributed by atoms with E-state index in [1.165, 1.54) is 24.3 Å². The van der Waals surface area contributed by atoms with Crippen LogP contribution in [0, 0.1) is 28.4 Å². The number of nitrogens with two attached hydrogens (primary N) is 1. The Hall–Kier alpha value is -5.56. The molecule has 2 fully saturated rings. The zero-order valence-corrected chi connectivity index (χ0v) is 36.3. The summed E-state index contributed by atoms with van der Waals surface area (Å²) in [6.07, 6.45) is 3.46. The maximum absolute atomic E-state index is 13.1. The largest absolute Gasteiger partial charge is 0.483 e. The van der Waals surface area contributed by atoms with E-state index in [0.717, 1.165) is 15.6 Å². The summed E-state index contributed by atoms with van der Waals surface area (Å²) < 4.78 is 38.3. The lowest BCUT2D eigenvalue weighted by molar-refractivity contribution is -0.137. The van der Waals surface area contributed by atoms with Gasteiger partial charge in [0.05, 0.1) is 17.9 Å². The molecule has 62 heavy (non-hydrogen) atoms. The molecule has 6 rings (SSSR count). The molecule has 2 aliphatic heterocycles. The van der Waals surface area contributed by atoms with Gasteiger partial charge in [0.1, 0.15) is 23.1 Å². The van der Waals surface area contributed by atoms with Crippen LogP contribution < -0.4 is 15.2 Å². The molecule has 0 aromatic heterocycles. The second-order valence-electron chi connectivity index (χ2n) is 15.7. The number of rotatable bonds is 15. The lowest BCUT2D eigenvalue weighted by Crippen LogP contribution is -2.53. The summed E-state index contributed by atoms with van der Waals surface area (Å²) in [5.74, 6) is -2.03. The normalized spacial score (nSPS) is 15.4. The smallest absolute Gasteiger partial charge is 0.307 e. The molecular formula is C46H48BrClF2N4O8. The van der Waals surface area contributed by atoms with Crippen LogP contribution in [-0.4, -0.2) is 88.7 Å². The van der Waals surface area contributed by atoms with Gasteiger partial charge in [-0.3, -0.25) is 19.2 Å². The minimum atomic E-state index is -0.972. The summed E-state index contributed by atoms with van der Waals surface area (Å²) in [6, 6.07) is 24.9. The Bertz CT molecular complexity index is 2240. The number of carbonyl (C=O) groups excluding carboxylic acids is 2. The molecule has 2 amide bonds. The quantitative estimate of drug-likeness (QED) is 0.109. The maximum atomic E-state index is 13.1. The molecule has 0 radical (unpaired) electrons. The SMILES string of the molecule is N#CC1(Cc2ccc(F)cc2)CCN(C(=O)COc2ccc(Cl)cc2CCC(=O)O)CC1.NC1(Cc2ccc(F)cc2)CCN(C(=O)COc2ccc(Br)cc2CC(=O)O)CC1. The number of aliphatic carboxylic acids is 2. The van der Waals surface area contributed by atoms with E-state index < -0.39 is 22.9 Å². The topological polar surface area (TPSA) is 183 Å². The van der Waals surface area contributed by atoms with Crippen LogP contribution in [0.3, 0.4) is 0 Å². The number of nitriles is 1. The number of likely N-dealkylation sites (tertiary alicyclic amines) is 2. The van der Waals surface area contributed by atoms with Crippen molar-refractivity contribution in [2.24, 2.45) is 11.1 Å². The van der Waals surface area contributed by atoms with Crippen molar-refractivity contribution in [1.82, 2.24) is 9.80 Å². The van der Waals surface area contributed by atoms with Gasteiger partial charge in [-0.15, -0.1) is 0 Å². The van der Waals surface area contributed by atoms with Gasteiger partial charge in [-0.05, 0) is 122 Å². The number of benzene rings is 4. The summed E-state index contributed by atoms with van der Waals surface area (Å²) in [5.41, 5.74) is 8.50. The molecule has 4 aromatic carbocycles. The number of hydrogen-bond donors (Lipinski definition) is 3. The van der Waals surface area contributed by atoms with Gasteiger partial charge >= 0.3 is 11.9 Å². The number of piperidine rings is 2. The van der Waals surface area contributed by atoms with Crippen molar-refractivity contribution in [3.8, 4) is 17.6 Å². The zero-order valence-electron chi connectivity index (χ0n) is 34.0. The van der Waals surface area contributed by atoms with Crippen molar-refractivity contribution in [3.63, 3.8) is 0 Å². The van der Waals surface area contributed by atoms with E-state index in [-0.39, 0.29) is 55.9 Å². The Morgan fingerprint density at radius 2 is 1.23 bits per heavy atom. The number of carbonyl (C=O) groups is 4. The number of nitrogens with zero attached hydrogens (tertiary/aromatic N) is 3. The number of halogens is 4. The molecule has 4 N–H and O–H groups in total. The second kappa shape index (κ2) is 22.0. The van der Waals surface area contributed by atoms with E-state index in [0.29, 0.717) is 92.4 Å². The molecule has 0 spiro atoms. The van der Waals surface area contributed by atoms with Gasteiger partial charge < -0.3 is 35.2 Å². The van der Waals surface area contributed by atoms with Gasteiger partial charge in [-0.1, -0.05) is 51.8 Å². The van der Waals surface area contributed by atoms with Crippen molar-refractivity contribution < 1.29 is 47.6 Å². The highest BCUT2D eigenvalue weighted by Gasteiger charge is 2.37. The molecule has 12 nitrogen and oxygen atoms in total. The third-order valence-corrected chi connectivity index (χ3v) is 11.8. The lowest BCUT2D eigenvalue weighted by Gasteiger charge is -2.39. The van der Waals surface area contributed by atoms with Crippen LogP contribution >= 0.6 is 27.5 Å². The van der Waals surface area contributed by atoms with Gasteiger partial charge in [-0.25, -0.2) is 8.78 Å². The van der Waals surface area contributed by atoms with Gasteiger partial charge in [0.15, 0.2) is 13.2 Å². The second-order valence-corrected chi connectivity index (χ2v) is 17.0. The number of aryl methyl sites for hydroxylation is 1. The van der Waals surface area contributed by atoms with Crippen LogP contribution in [0.5, 0.6) is 11.5 Å². The van der Waals surface area contributed by atoms with Crippen molar-refractivity contribution in [3.05, 3.63) is 128 Å². The molecule has 4 aromatic rings. The van der Waals surface area contributed by atoms with Crippen LogP contribution in [-0.2, 0) is 44.9 Å². The maximum Gasteiger partial charge on any atom is 0.307 e. The number of ether oxygens (including phenoxy) is 2. The molecule has 0 atom stereocenters. The minimum absolute atomic E-state index is 0.0684. The van der Waals surface area contributed by atoms with Gasteiger partial charge in [0, 0.05) is 53.2 Å². The number of amides is 2. The first-order valence-corrected chi connectivity index (χ1v) is 21.2. The Kier molecular flexibility index (Phi) is 16.8. The Balaban J connectivity index is 0.000000235. The van der Waals surface area contributed by atoms with E-state index in [2.05, 4.69) is 22.0 Å². The Labute approximate surface area is 372 Å². The molecule has 2 heterocycles. The van der Waals surface area contributed by atoms with Gasteiger partial charge in [0.2, 0.25) is 0 Å². The monoisotopic (exact) mass is 936 g/mol. The first-order valence-electron chi connectivity index (χ1n) is 20.0. The highest BCUT2D eigenvalue weighted by atomic mass is 79.9. The summed E-state index contributed by atoms with van der Waals surface area (Å²) >= 11 is 9.31. The van der Waals surface area contributed by atoms with E-state index in [9.17, 15) is 33.2 Å². The molecule has 2 aliphatic rings. The van der Waals surface area contributed by atoms with Gasteiger partial charge in [-0.2, -0.15) is 5.26 Å².